The minimum Gasteiger partial charge on any atom is -0.454 e. The fourth-order valence-corrected chi connectivity index (χ4v) is 4.11. The number of ether oxygens (including phenoxy) is 2. The van der Waals surface area contributed by atoms with Crippen LogP contribution in [0.15, 0.2) is 54.0 Å². The summed E-state index contributed by atoms with van der Waals surface area (Å²) in [6, 6.07) is 11.5. The standard InChI is InChI=1S/C21H20N2O3S/c1-4-9-23-16-7-5-14(13(2)3)11-19(16)27-21(23)22-20(24)15-6-8-17-18(10-15)26-12-25-17/h4-8,10-11,13H,1,9,12H2,2-3H3. The quantitative estimate of drug-likeness (QED) is 0.627. The van der Waals surface area contributed by atoms with E-state index >= 15 is 0 Å². The first kappa shape index (κ1) is 17.5. The second-order valence-electron chi connectivity index (χ2n) is 6.65. The summed E-state index contributed by atoms with van der Waals surface area (Å²) in [5.74, 6) is 1.37. The molecule has 0 N–H and O–H groups in total. The largest absolute Gasteiger partial charge is 0.454 e. The van der Waals surface area contributed by atoms with Gasteiger partial charge in [-0.1, -0.05) is 37.3 Å². The Labute approximate surface area is 161 Å². The molecule has 4 rings (SSSR count). The number of aromatic nitrogens is 1. The smallest absolute Gasteiger partial charge is 0.279 e. The van der Waals surface area contributed by atoms with Gasteiger partial charge in [0.15, 0.2) is 16.3 Å². The Kier molecular flexibility index (Phi) is 4.58. The van der Waals surface area contributed by atoms with E-state index in [0.717, 1.165) is 10.2 Å². The lowest BCUT2D eigenvalue weighted by Crippen LogP contribution is -2.16. The third-order valence-corrected chi connectivity index (χ3v) is 5.54. The molecule has 1 aromatic heterocycles. The van der Waals surface area contributed by atoms with Gasteiger partial charge in [0.05, 0.1) is 10.2 Å². The van der Waals surface area contributed by atoms with Gasteiger partial charge in [0.1, 0.15) is 0 Å². The molecule has 1 amide bonds. The molecule has 2 heterocycles. The molecule has 1 aliphatic heterocycles. The minimum absolute atomic E-state index is 0.179. The van der Waals surface area contributed by atoms with Crippen molar-refractivity contribution in [3.05, 3.63) is 65.0 Å². The number of allylic oxidation sites excluding steroid dienone is 1. The number of amides is 1. The predicted molar refractivity (Wildman–Crippen MR) is 107 cm³/mol. The topological polar surface area (TPSA) is 52.8 Å². The molecule has 0 atom stereocenters. The Morgan fingerprint density at radius 1 is 1.26 bits per heavy atom. The highest BCUT2D eigenvalue weighted by Crippen LogP contribution is 2.32. The number of hydrogen-bond donors (Lipinski definition) is 0. The molecular formula is C21H20N2O3S. The highest BCUT2D eigenvalue weighted by Gasteiger charge is 2.16. The fourth-order valence-electron chi connectivity index (χ4n) is 3.02. The SMILES string of the molecule is C=CCn1c(=NC(=O)c2ccc3c(c2)OCO3)sc2cc(C(C)C)ccc21. The van der Waals surface area contributed by atoms with E-state index in [0.29, 0.717) is 34.3 Å². The Bertz CT molecular complexity index is 1110. The van der Waals surface area contributed by atoms with Crippen LogP contribution in [-0.2, 0) is 6.54 Å². The van der Waals surface area contributed by atoms with Crippen LogP contribution in [0.3, 0.4) is 0 Å². The van der Waals surface area contributed by atoms with Crippen LogP contribution < -0.4 is 14.3 Å². The van der Waals surface area contributed by atoms with E-state index in [1.165, 1.54) is 16.9 Å². The number of carbonyl (C=O) groups is 1. The monoisotopic (exact) mass is 380 g/mol. The van der Waals surface area contributed by atoms with Gasteiger partial charge in [-0.05, 0) is 41.8 Å². The van der Waals surface area contributed by atoms with E-state index < -0.39 is 0 Å². The van der Waals surface area contributed by atoms with E-state index in [4.69, 9.17) is 9.47 Å². The highest BCUT2D eigenvalue weighted by molar-refractivity contribution is 7.16. The Hall–Kier alpha value is -2.86. The van der Waals surface area contributed by atoms with Crippen LogP contribution in [0.25, 0.3) is 10.2 Å². The van der Waals surface area contributed by atoms with Crippen molar-refractivity contribution < 1.29 is 14.3 Å². The van der Waals surface area contributed by atoms with Crippen LogP contribution in [0.1, 0.15) is 35.7 Å². The van der Waals surface area contributed by atoms with Crippen LogP contribution in [0.5, 0.6) is 11.5 Å². The van der Waals surface area contributed by atoms with Crippen molar-refractivity contribution in [1.29, 1.82) is 0 Å². The van der Waals surface area contributed by atoms with Crippen molar-refractivity contribution in [3.8, 4) is 11.5 Å². The summed E-state index contributed by atoms with van der Waals surface area (Å²) in [4.78, 5) is 17.8. The Balaban J connectivity index is 1.80. The molecule has 0 saturated carbocycles. The van der Waals surface area contributed by atoms with Crippen LogP contribution in [0.2, 0.25) is 0 Å². The third-order valence-electron chi connectivity index (χ3n) is 4.50. The van der Waals surface area contributed by atoms with Gasteiger partial charge < -0.3 is 14.0 Å². The minimum atomic E-state index is -0.304. The molecule has 2 aromatic carbocycles. The summed E-state index contributed by atoms with van der Waals surface area (Å²) in [6.45, 7) is 8.94. The third kappa shape index (κ3) is 3.28. The van der Waals surface area contributed by atoms with Crippen LogP contribution in [0, 0.1) is 0 Å². The molecule has 0 fully saturated rings. The molecule has 0 spiro atoms. The molecule has 0 saturated heterocycles. The van der Waals surface area contributed by atoms with E-state index in [1.54, 1.807) is 18.2 Å². The highest BCUT2D eigenvalue weighted by atomic mass is 32.1. The summed E-state index contributed by atoms with van der Waals surface area (Å²) < 4.78 is 13.8. The lowest BCUT2D eigenvalue weighted by atomic mass is 10.0. The van der Waals surface area contributed by atoms with Crippen molar-refractivity contribution in [2.24, 2.45) is 4.99 Å². The number of hydrogen-bond acceptors (Lipinski definition) is 4. The van der Waals surface area contributed by atoms with Gasteiger partial charge in [-0.25, -0.2) is 0 Å². The molecule has 3 aromatic rings. The zero-order valence-corrected chi connectivity index (χ0v) is 16.1. The first-order chi connectivity index (χ1) is 13.1. The van der Waals surface area contributed by atoms with E-state index in [1.807, 2.05) is 10.6 Å². The van der Waals surface area contributed by atoms with Gasteiger partial charge in [0.25, 0.3) is 5.91 Å². The second kappa shape index (κ2) is 7.04. The first-order valence-corrected chi connectivity index (χ1v) is 9.61. The van der Waals surface area contributed by atoms with E-state index in [9.17, 15) is 4.79 Å². The van der Waals surface area contributed by atoms with Crippen LogP contribution in [-0.4, -0.2) is 17.3 Å². The zero-order chi connectivity index (χ0) is 19.0. The maximum atomic E-state index is 12.7. The lowest BCUT2D eigenvalue weighted by molar-refractivity contribution is 0.0997. The fraction of sp³-hybridized carbons (Fsp3) is 0.238. The zero-order valence-electron chi connectivity index (χ0n) is 15.3. The van der Waals surface area contributed by atoms with Gasteiger partial charge >= 0.3 is 0 Å². The second-order valence-corrected chi connectivity index (χ2v) is 7.66. The Morgan fingerprint density at radius 2 is 2.07 bits per heavy atom. The maximum Gasteiger partial charge on any atom is 0.279 e. The first-order valence-electron chi connectivity index (χ1n) is 8.79. The number of benzene rings is 2. The number of carbonyl (C=O) groups excluding carboxylic acids is 1. The summed E-state index contributed by atoms with van der Waals surface area (Å²) in [5, 5.41) is 0. The van der Waals surface area contributed by atoms with Crippen molar-refractivity contribution >= 4 is 27.5 Å². The Morgan fingerprint density at radius 3 is 2.85 bits per heavy atom. The van der Waals surface area contributed by atoms with E-state index in [-0.39, 0.29) is 12.7 Å². The van der Waals surface area contributed by atoms with Crippen LogP contribution >= 0.6 is 11.3 Å². The molecule has 0 aliphatic carbocycles. The van der Waals surface area contributed by atoms with Gasteiger partial charge in [-0.3, -0.25) is 4.79 Å². The van der Waals surface area contributed by atoms with Gasteiger partial charge in [0, 0.05) is 12.1 Å². The van der Waals surface area contributed by atoms with Crippen molar-refractivity contribution in [1.82, 2.24) is 4.57 Å². The number of thiazole rings is 1. The number of nitrogens with zero attached hydrogens (tertiary/aromatic N) is 2. The molecule has 0 unspecified atom stereocenters. The molecule has 1 aliphatic rings. The molecule has 5 nitrogen and oxygen atoms in total. The molecule has 0 radical (unpaired) electrons. The van der Waals surface area contributed by atoms with Crippen molar-refractivity contribution in [2.75, 3.05) is 6.79 Å². The summed E-state index contributed by atoms with van der Waals surface area (Å²) in [6.07, 6.45) is 1.81. The van der Waals surface area contributed by atoms with Gasteiger partial charge in [-0.15, -0.1) is 6.58 Å². The van der Waals surface area contributed by atoms with Gasteiger partial charge in [-0.2, -0.15) is 4.99 Å². The molecule has 138 valence electrons. The maximum absolute atomic E-state index is 12.7. The molecule has 0 bridgehead atoms. The van der Waals surface area contributed by atoms with Crippen molar-refractivity contribution in [3.63, 3.8) is 0 Å². The van der Waals surface area contributed by atoms with E-state index in [2.05, 4.69) is 43.6 Å². The lowest BCUT2D eigenvalue weighted by Gasteiger charge is -2.05. The number of rotatable bonds is 4. The van der Waals surface area contributed by atoms with Crippen LogP contribution in [0.4, 0.5) is 0 Å². The molecule has 27 heavy (non-hydrogen) atoms. The summed E-state index contributed by atoms with van der Waals surface area (Å²) >= 11 is 1.52. The van der Waals surface area contributed by atoms with Crippen molar-refractivity contribution in [2.45, 2.75) is 26.3 Å². The number of fused-ring (bicyclic) bond motifs is 2. The molecular weight excluding hydrogens is 360 g/mol. The van der Waals surface area contributed by atoms with Gasteiger partial charge in [0.2, 0.25) is 6.79 Å². The average molecular weight is 380 g/mol. The normalized spacial score (nSPS) is 13.5. The summed E-state index contributed by atoms with van der Waals surface area (Å²) in [7, 11) is 0. The predicted octanol–water partition coefficient (Wildman–Crippen LogP) is 4.48. The summed E-state index contributed by atoms with van der Waals surface area (Å²) in [5.41, 5.74) is 2.80. The molecule has 6 heteroatoms. The average Bonchev–Trinajstić information content (AvgIpc) is 3.25.